The first kappa shape index (κ1) is 26.0. The van der Waals surface area contributed by atoms with Gasteiger partial charge >= 0.3 is 35.3 Å². The monoisotopic (exact) mass is 526 g/mol. The number of Topliss-reactive ketones (excluding diaryl/α,β-unsaturated/α-hetero) is 1. The van der Waals surface area contributed by atoms with Crippen molar-refractivity contribution in [3.8, 4) is 0 Å². The third-order valence-electron chi connectivity index (χ3n) is 5.54. The molecule has 17 heteroatoms. The van der Waals surface area contributed by atoms with E-state index in [4.69, 9.17) is 0 Å². The van der Waals surface area contributed by atoms with Gasteiger partial charge in [0.25, 0.3) is 0 Å². The number of allylic oxidation sites excluding steroid dienone is 1. The number of hydrogen-bond acceptors (Lipinski definition) is 2. The summed E-state index contributed by atoms with van der Waals surface area (Å²) in [6.07, 6.45) is -3.07. The van der Waals surface area contributed by atoms with E-state index in [1.807, 2.05) is 0 Å². The molecule has 190 valence electrons. The van der Waals surface area contributed by atoms with Crippen molar-refractivity contribution >= 4 is 11.5 Å². The number of carbonyl (C=O) groups excluding carboxylic acids is 1. The van der Waals surface area contributed by atoms with Crippen molar-refractivity contribution in [1.29, 1.82) is 0 Å². The molecule has 0 bridgehead atoms. The molecule has 2 nitrogen and oxygen atoms in total. The van der Waals surface area contributed by atoms with E-state index in [9.17, 15) is 75.8 Å². The fourth-order valence-corrected chi connectivity index (χ4v) is 3.61. The van der Waals surface area contributed by atoms with Crippen LogP contribution in [0.3, 0.4) is 0 Å². The van der Waals surface area contributed by atoms with Crippen LogP contribution in [0.1, 0.15) is 17.5 Å². The van der Waals surface area contributed by atoms with E-state index in [1.165, 1.54) is 0 Å². The Hall–Kier alpha value is -2.62. The number of hydrogen-bond donors (Lipinski definition) is 1. The molecule has 1 aromatic carbocycles. The molecule has 3 rings (SSSR count). The van der Waals surface area contributed by atoms with Crippen LogP contribution in [-0.2, 0) is 11.2 Å². The van der Waals surface area contributed by atoms with Crippen molar-refractivity contribution in [2.75, 3.05) is 0 Å². The van der Waals surface area contributed by atoms with Crippen molar-refractivity contribution in [1.82, 2.24) is 0 Å². The number of rotatable bonds is 2. The SMILES string of the molecule is O=C(C1=C(O)c2c(F)c(F)c(F)c(F)c2CC1)C1(F)C(F)(F)C(F)(F)C(F)(F)C(F)(F)C1(F)F. The van der Waals surface area contributed by atoms with Crippen molar-refractivity contribution in [3.05, 3.63) is 40.0 Å². The van der Waals surface area contributed by atoms with Crippen LogP contribution < -0.4 is 0 Å². The Balaban J connectivity index is 2.35. The number of aliphatic hydroxyl groups is 1. The molecule has 34 heavy (non-hydrogen) atoms. The number of halogens is 15. The summed E-state index contributed by atoms with van der Waals surface area (Å²) in [4.78, 5) is 12.2. The first-order chi connectivity index (χ1) is 15.1. The number of carbonyl (C=O) groups is 1. The second kappa shape index (κ2) is 6.74. The summed E-state index contributed by atoms with van der Waals surface area (Å²) >= 11 is 0. The predicted octanol–water partition coefficient (Wildman–Crippen LogP) is 5.93. The van der Waals surface area contributed by atoms with Gasteiger partial charge in [-0.15, -0.1) is 0 Å². The fraction of sp³-hybridized carbons (Fsp3) is 0.471. The minimum atomic E-state index is -7.63. The molecule has 0 aromatic heterocycles. The summed E-state index contributed by atoms with van der Waals surface area (Å²) < 4.78 is 207. The van der Waals surface area contributed by atoms with Crippen LogP contribution in [0.4, 0.5) is 65.9 Å². The summed E-state index contributed by atoms with van der Waals surface area (Å²) in [5.41, 5.74) is -12.8. The van der Waals surface area contributed by atoms with Crippen molar-refractivity contribution < 1.29 is 75.8 Å². The van der Waals surface area contributed by atoms with E-state index in [2.05, 4.69) is 0 Å². The average Bonchev–Trinajstić information content (AvgIpc) is 2.73. The van der Waals surface area contributed by atoms with Gasteiger partial charge in [0.1, 0.15) is 5.76 Å². The topological polar surface area (TPSA) is 37.3 Å². The van der Waals surface area contributed by atoms with E-state index in [0.717, 1.165) is 0 Å². The van der Waals surface area contributed by atoms with Crippen molar-refractivity contribution in [3.63, 3.8) is 0 Å². The second-order valence-corrected chi connectivity index (χ2v) is 7.30. The quantitative estimate of drug-likeness (QED) is 0.295. The number of ketones is 1. The van der Waals surface area contributed by atoms with Gasteiger partial charge in [-0.05, 0) is 12.8 Å². The normalized spacial score (nSPS) is 25.6. The minimum Gasteiger partial charge on any atom is -0.507 e. The molecule has 0 unspecified atom stereocenters. The van der Waals surface area contributed by atoms with Gasteiger partial charge in [-0.2, -0.15) is 43.9 Å². The highest BCUT2D eigenvalue weighted by molar-refractivity contribution is 6.09. The third kappa shape index (κ3) is 2.44. The molecule has 0 radical (unpaired) electrons. The highest BCUT2D eigenvalue weighted by atomic mass is 19.4. The Kier molecular flexibility index (Phi) is 5.15. The van der Waals surface area contributed by atoms with Gasteiger partial charge in [0.2, 0.25) is 5.78 Å². The van der Waals surface area contributed by atoms with Crippen LogP contribution in [-0.4, -0.2) is 46.2 Å². The third-order valence-corrected chi connectivity index (χ3v) is 5.54. The Morgan fingerprint density at radius 3 is 1.41 bits per heavy atom. The lowest BCUT2D eigenvalue weighted by molar-refractivity contribution is -0.475. The Bertz CT molecular complexity index is 1100. The van der Waals surface area contributed by atoms with E-state index >= 15 is 0 Å². The minimum absolute atomic E-state index is 1.36. The first-order valence-corrected chi connectivity index (χ1v) is 8.47. The molecule has 0 atom stereocenters. The first-order valence-electron chi connectivity index (χ1n) is 8.47. The van der Waals surface area contributed by atoms with Crippen LogP contribution >= 0.6 is 0 Å². The molecule has 1 saturated carbocycles. The summed E-state index contributed by atoms with van der Waals surface area (Å²) in [5.74, 6) is -54.3. The summed E-state index contributed by atoms with van der Waals surface area (Å²) in [5, 5.41) is 9.84. The molecule has 2 aliphatic rings. The van der Waals surface area contributed by atoms with E-state index in [-0.39, 0.29) is 0 Å². The molecular weight excluding hydrogens is 521 g/mol. The van der Waals surface area contributed by atoms with Crippen LogP contribution in [0.15, 0.2) is 5.57 Å². The van der Waals surface area contributed by atoms with Crippen LogP contribution in [0, 0.1) is 23.3 Å². The van der Waals surface area contributed by atoms with Crippen LogP contribution in [0.2, 0.25) is 0 Å². The number of alkyl halides is 11. The number of fused-ring (bicyclic) bond motifs is 1. The molecule has 1 N–H and O–H groups in total. The molecular formula is C17H5F15O2. The van der Waals surface area contributed by atoms with E-state index < -0.39 is 99.6 Å². The standard InChI is InChI=1S/C17H5F15O2/c18-6-3-1-2-4(10(33)5(3)7(19)9(21)8(6)20)11(34)12(22)13(23,24)15(27,28)17(31,32)16(29,30)14(12,25)26/h33H,1-2H2. The molecule has 0 amide bonds. The summed E-state index contributed by atoms with van der Waals surface area (Å²) in [7, 11) is 0. The average molecular weight is 526 g/mol. The second-order valence-electron chi connectivity index (χ2n) is 7.30. The van der Waals surface area contributed by atoms with Gasteiger partial charge in [0, 0.05) is 11.1 Å². The lowest BCUT2D eigenvalue weighted by Crippen LogP contribution is -2.85. The van der Waals surface area contributed by atoms with Crippen LogP contribution in [0.25, 0.3) is 5.76 Å². The smallest absolute Gasteiger partial charge is 0.384 e. The maximum Gasteiger partial charge on any atom is 0.384 e. The largest absolute Gasteiger partial charge is 0.507 e. The Labute approximate surface area is 176 Å². The lowest BCUT2D eigenvalue weighted by atomic mass is 9.68. The molecule has 0 spiro atoms. The van der Waals surface area contributed by atoms with Crippen molar-refractivity contribution in [2.45, 2.75) is 48.1 Å². The molecule has 2 aliphatic carbocycles. The Morgan fingerprint density at radius 2 is 0.971 bits per heavy atom. The number of benzene rings is 1. The summed E-state index contributed by atoms with van der Waals surface area (Å²) in [6, 6.07) is 0. The molecule has 0 heterocycles. The predicted molar refractivity (Wildman–Crippen MR) is 77.7 cm³/mol. The zero-order chi connectivity index (χ0) is 26.6. The van der Waals surface area contributed by atoms with Crippen molar-refractivity contribution in [2.24, 2.45) is 0 Å². The molecule has 0 aliphatic heterocycles. The summed E-state index contributed by atoms with van der Waals surface area (Å²) in [6.45, 7) is 0. The fourth-order valence-electron chi connectivity index (χ4n) is 3.61. The van der Waals surface area contributed by atoms with E-state index in [1.54, 1.807) is 0 Å². The van der Waals surface area contributed by atoms with Crippen LogP contribution in [0.5, 0.6) is 0 Å². The highest BCUT2D eigenvalue weighted by Crippen LogP contribution is 2.70. The van der Waals surface area contributed by atoms with Gasteiger partial charge in [-0.1, -0.05) is 0 Å². The van der Waals surface area contributed by atoms with Gasteiger partial charge in [-0.3, -0.25) is 4.79 Å². The Morgan fingerprint density at radius 1 is 0.588 bits per heavy atom. The highest BCUT2D eigenvalue weighted by Gasteiger charge is 3.02. The molecule has 1 aromatic rings. The van der Waals surface area contributed by atoms with Gasteiger partial charge in [0.15, 0.2) is 23.3 Å². The zero-order valence-electron chi connectivity index (χ0n) is 15.4. The van der Waals surface area contributed by atoms with Gasteiger partial charge in [-0.25, -0.2) is 22.0 Å². The zero-order valence-corrected chi connectivity index (χ0v) is 15.4. The number of aliphatic hydroxyl groups excluding tert-OH is 1. The lowest BCUT2D eigenvalue weighted by Gasteiger charge is -2.51. The maximum atomic E-state index is 14.9. The molecule has 0 saturated heterocycles. The van der Waals surface area contributed by atoms with E-state index in [0.29, 0.717) is 0 Å². The van der Waals surface area contributed by atoms with Gasteiger partial charge in [0.05, 0.1) is 5.56 Å². The van der Waals surface area contributed by atoms with Gasteiger partial charge < -0.3 is 5.11 Å². The maximum absolute atomic E-state index is 14.9. The molecule has 1 fully saturated rings.